The number of nitrogens with one attached hydrogen (secondary N) is 1. The quantitative estimate of drug-likeness (QED) is 0.395. The van der Waals surface area contributed by atoms with E-state index in [2.05, 4.69) is 4.98 Å². The Balaban J connectivity index is 1.96. The van der Waals surface area contributed by atoms with Crippen molar-refractivity contribution in [3.63, 3.8) is 0 Å². The lowest BCUT2D eigenvalue weighted by molar-refractivity contribution is 0.0593. The van der Waals surface area contributed by atoms with E-state index in [9.17, 15) is 9.59 Å². The van der Waals surface area contributed by atoms with Crippen LogP contribution >= 0.6 is 11.6 Å². The van der Waals surface area contributed by atoms with Crippen molar-refractivity contribution in [2.24, 2.45) is 0 Å². The minimum Gasteiger partial charge on any atom is -0.493 e. The van der Waals surface area contributed by atoms with Gasteiger partial charge < -0.3 is 19.2 Å². The highest BCUT2D eigenvalue weighted by Crippen LogP contribution is 2.34. The van der Waals surface area contributed by atoms with Crippen LogP contribution in [-0.2, 0) is 11.2 Å². The van der Waals surface area contributed by atoms with Gasteiger partial charge in [0.2, 0.25) is 0 Å². The number of carbonyl (C=O) groups excluding carboxylic acids is 1. The average Bonchev–Trinajstić information content (AvgIpc) is 2.85. The zero-order valence-corrected chi connectivity index (χ0v) is 19.2. The molecular weight excluding hydrogens is 442 g/mol. The van der Waals surface area contributed by atoms with Gasteiger partial charge in [0.25, 0.3) is 0 Å². The molecule has 0 amide bonds. The zero-order chi connectivity index (χ0) is 23.5. The molecule has 6 nitrogen and oxygen atoms in total. The van der Waals surface area contributed by atoms with Gasteiger partial charge in [-0.3, -0.25) is 4.79 Å². The molecule has 0 aliphatic carbocycles. The van der Waals surface area contributed by atoms with Crippen LogP contribution in [-0.4, -0.2) is 32.3 Å². The average molecular weight is 464 g/mol. The normalized spacial score (nSPS) is 10.8. The second kappa shape index (κ2) is 9.38. The SMILES string of the molecule is COC(=O)c1[nH]c2c(-c3ccccc3)c(Cl)ccc2c(=O)c1Cc1ccc(OC)c(OC)c1. The van der Waals surface area contributed by atoms with Crippen LogP contribution in [0.15, 0.2) is 65.5 Å². The number of fused-ring (bicyclic) bond motifs is 1. The smallest absolute Gasteiger partial charge is 0.354 e. The van der Waals surface area contributed by atoms with Crippen molar-refractivity contribution in [1.82, 2.24) is 4.98 Å². The number of hydrogen-bond donors (Lipinski definition) is 1. The standard InChI is InChI=1S/C26H22ClNO5/c1-31-20-12-9-15(14-21(20)32-2)13-18-24(26(30)33-3)28-23-17(25(18)29)10-11-19(27)22(23)16-7-5-4-6-8-16/h4-12,14H,13H2,1-3H3,(H,28,29). The zero-order valence-electron chi connectivity index (χ0n) is 18.4. The number of methoxy groups -OCH3 is 3. The lowest BCUT2D eigenvalue weighted by Gasteiger charge is -2.15. The molecule has 0 aliphatic heterocycles. The highest BCUT2D eigenvalue weighted by atomic mass is 35.5. The van der Waals surface area contributed by atoms with Gasteiger partial charge >= 0.3 is 5.97 Å². The lowest BCUT2D eigenvalue weighted by Crippen LogP contribution is -2.20. The molecule has 0 saturated carbocycles. The number of benzene rings is 3. The summed E-state index contributed by atoms with van der Waals surface area (Å²) in [6.07, 6.45) is 0.194. The summed E-state index contributed by atoms with van der Waals surface area (Å²) in [4.78, 5) is 29.5. The Morgan fingerprint density at radius 3 is 2.33 bits per heavy atom. The summed E-state index contributed by atoms with van der Waals surface area (Å²) in [6, 6.07) is 18.2. The number of pyridine rings is 1. The predicted octanol–water partition coefficient (Wildman–Crippen LogP) is 5.24. The fourth-order valence-corrected chi connectivity index (χ4v) is 4.17. The number of rotatable bonds is 6. The van der Waals surface area contributed by atoms with Crippen molar-refractivity contribution < 1.29 is 19.0 Å². The van der Waals surface area contributed by atoms with E-state index in [-0.39, 0.29) is 17.5 Å². The molecule has 0 unspecified atom stereocenters. The number of hydrogen-bond acceptors (Lipinski definition) is 5. The first-order valence-electron chi connectivity index (χ1n) is 10.2. The third-order valence-electron chi connectivity index (χ3n) is 5.51. The molecule has 0 saturated heterocycles. The van der Waals surface area contributed by atoms with E-state index in [0.717, 1.165) is 11.1 Å². The van der Waals surface area contributed by atoms with Gasteiger partial charge in [-0.05, 0) is 35.4 Å². The van der Waals surface area contributed by atoms with Gasteiger partial charge in [-0.1, -0.05) is 48.0 Å². The molecule has 4 rings (SSSR count). The number of carbonyl (C=O) groups is 1. The van der Waals surface area contributed by atoms with Crippen LogP contribution < -0.4 is 14.9 Å². The van der Waals surface area contributed by atoms with Crippen molar-refractivity contribution >= 4 is 28.5 Å². The fourth-order valence-electron chi connectivity index (χ4n) is 3.90. The van der Waals surface area contributed by atoms with E-state index in [1.165, 1.54) is 7.11 Å². The molecule has 3 aromatic carbocycles. The van der Waals surface area contributed by atoms with Crippen molar-refractivity contribution in [3.8, 4) is 22.6 Å². The van der Waals surface area contributed by atoms with E-state index >= 15 is 0 Å². The molecule has 1 aromatic heterocycles. The third-order valence-corrected chi connectivity index (χ3v) is 5.82. The third kappa shape index (κ3) is 4.17. The molecule has 0 fully saturated rings. The molecular formula is C26H22ClNO5. The maximum Gasteiger partial charge on any atom is 0.354 e. The first kappa shape index (κ1) is 22.4. The predicted molar refractivity (Wildman–Crippen MR) is 129 cm³/mol. The topological polar surface area (TPSA) is 77.6 Å². The van der Waals surface area contributed by atoms with Crippen LogP contribution in [0.1, 0.15) is 21.6 Å². The Bertz CT molecular complexity index is 1400. The van der Waals surface area contributed by atoms with Crippen LogP contribution in [0, 0.1) is 0 Å². The summed E-state index contributed by atoms with van der Waals surface area (Å²) in [7, 11) is 4.37. The van der Waals surface area contributed by atoms with E-state index in [0.29, 0.717) is 38.6 Å². The summed E-state index contributed by atoms with van der Waals surface area (Å²) in [5.41, 5.74) is 2.84. The van der Waals surface area contributed by atoms with Crippen molar-refractivity contribution in [2.45, 2.75) is 6.42 Å². The van der Waals surface area contributed by atoms with Gasteiger partial charge in [0.05, 0.1) is 31.9 Å². The van der Waals surface area contributed by atoms with Crippen molar-refractivity contribution in [2.75, 3.05) is 21.3 Å². The molecule has 0 bridgehead atoms. The molecule has 168 valence electrons. The first-order chi connectivity index (χ1) is 16.0. The van der Waals surface area contributed by atoms with Gasteiger partial charge in [0.15, 0.2) is 16.9 Å². The Labute approximate surface area is 195 Å². The van der Waals surface area contributed by atoms with Crippen molar-refractivity contribution in [1.29, 1.82) is 0 Å². The molecule has 0 spiro atoms. The molecule has 33 heavy (non-hydrogen) atoms. The van der Waals surface area contributed by atoms with Crippen LogP contribution in [0.4, 0.5) is 0 Å². The molecule has 0 aliphatic rings. The number of ether oxygens (including phenoxy) is 3. The van der Waals surface area contributed by atoms with Gasteiger partial charge in [0, 0.05) is 22.9 Å². The number of esters is 1. The highest BCUT2D eigenvalue weighted by Gasteiger charge is 2.22. The highest BCUT2D eigenvalue weighted by molar-refractivity contribution is 6.35. The Hall–Kier alpha value is -3.77. The number of halogens is 1. The summed E-state index contributed by atoms with van der Waals surface area (Å²) in [5, 5.41) is 0.897. The summed E-state index contributed by atoms with van der Waals surface area (Å²) in [6.45, 7) is 0. The summed E-state index contributed by atoms with van der Waals surface area (Å²) in [5.74, 6) is 0.470. The van der Waals surface area contributed by atoms with Gasteiger partial charge in [-0.25, -0.2) is 4.79 Å². The maximum absolute atomic E-state index is 13.6. The lowest BCUT2D eigenvalue weighted by atomic mass is 9.97. The minimum absolute atomic E-state index is 0.0873. The van der Waals surface area contributed by atoms with Crippen LogP contribution in [0.5, 0.6) is 11.5 Å². The second-order valence-corrected chi connectivity index (χ2v) is 7.78. The van der Waals surface area contributed by atoms with Gasteiger partial charge in [-0.2, -0.15) is 0 Å². The Morgan fingerprint density at radius 2 is 1.67 bits per heavy atom. The summed E-state index contributed by atoms with van der Waals surface area (Å²) >= 11 is 6.52. The Morgan fingerprint density at radius 1 is 0.939 bits per heavy atom. The van der Waals surface area contributed by atoms with E-state index in [4.69, 9.17) is 25.8 Å². The van der Waals surface area contributed by atoms with E-state index in [1.807, 2.05) is 36.4 Å². The first-order valence-corrected chi connectivity index (χ1v) is 10.6. The van der Waals surface area contributed by atoms with E-state index < -0.39 is 5.97 Å². The van der Waals surface area contributed by atoms with Crippen LogP contribution in [0.3, 0.4) is 0 Å². The molecule has 4 aromatic rings. The van der Waals surface area contributed by atoms with Crippen molar-refractivity contribution in [3.05, 3.63) is 92.7 Å². The maximum atomic E-state index is 13.6. The minimum atomic E-state index is -0.636. The molecule has 1 heterocycles. The Kier molecular flexibility index (Phi) is 6.38. The largest absolute Gasteiger partial charge is 0.493 e. The number of aromatic nitrogens is 1. The van der Waals surface area contributed by atoms with Crippen LogP contribution in [0.2, 0.25) is 5.02 Å². The van der Waals surface area contributed by atoms with Gasteiger partial charge in [-0.15, -0.1) is 0 Å². The number of aromatic amines is 1. The molecule has 7 heteroatoms. The van der Waals surface area contributed by atoms with Gasteiger partial charge in [0.1, 0.15) is 5.69 Å². The summed E-state index contributed by atoms with van der Waals surface area (Å²) < 4.78 is 15.7. The molecule has 1 N–H and O–H groups in total. The fraction of sp³-hybridized carbons (Fsp3) is 0.154. The number of H-pyrrole nitrogens is 1. The second-order valence-electron chi connectivity index (χ2n) is 7.38. The molecule has 0 radical (unpaired) electrons. The monoisotopic (exact) mass is 463 g/mol. The molecule has 0 atom stereocenters. The van der Waals surface area contributed by atoms with Crippen LogP contribution in [0.25, 0.3) is 22.0 Å². The van der Waals surface area contributed by atoms with E-state index in [1.54, 1.807) is 38.5 Å².